The fourth-order valence-electron chi connectivity index (χ4n) is 2.96. The molecule has 114 valence electrons. The fourth-order valence-corrected chi connectivity index (χ4v) is 4.60. The molecule has 0 spiro atoms. The summed E-state index contributed by atoms with van der Waals surface area (Å²) in [7, 11) is -3.07. The quantitative estimate of drug-likeness (QED) is 0.685. The summed E-state index contributed by atoms with van der Waals surface area (Å²) >= 11 is 0. The lowest BCUT2D eigenvalue weighted by Gasteiger charge is -2.25. The molecule has 2 fully saturated rings. The predicted molar refractivity (Wildman–Crippen MR) is 72.1 cm³/mol. The van der Waals surface area contributed by atoms with Crippen LogP contribution in [-0.4, -0.2) is 49.1 Å². The topological polar surface area (TPSA) is 113 Å². The van der Waals surface area contributed by atoms with Gasteiger partial charge >= 0.3 is 12.0 Å². The lowest BCUT2D eigenvalue weighted by atomic mass is 10.0. The first-order valence-corrected chi connectivity index (χ1v) is 8.70. The molecule has 2 amide bonds. The van der Waals surface area contributed by atoms with Crippen molar-refractivity contribution < 1.29 is 23.1 Å². The van der Waals surface area contributed by atoms with Crippen LogP contribution in [0, 0.1) is 5.92 Å². The summed E-state index contributed by atoms with van der Waals surface area (Å²) in [6, 6.07) is -1.21. The zero-order valence-electron chi connectivity index (χ0n) is 11.2. The molecule has 0 aromatic rings. The highest BCUT2D eigenvalue weighted by molar-refractivity contribution is 7.91. The number of aliphatic carboxylic acids is 1. The van der Waals surface area contributed by atoms with Gasteiger partial charge in [0, 0.05) is 12.1 Å². The molecule has 1 aliphatic heterocycles. The number of rotatable bonds is 3. The van der Waals surface area contributed by atoms with E-state index in [4.69, 9.17) is 5.11 Å². The fraction of sp³-hybridized carbons (Fsp3) is 0.833. The van der Waals surface area contributed by atoms with Gasteiger partial charge < -0.3 is 15.7 Å². The van der Waals surface area contributed by atoms with E-state index in [1.165, 1.54) is 0 Å². The summed E-state index contributed by atoms with van der Waals surface area (Å²) in [5.41, 5.74) is 0. The maximum Gasteiger partial charge on any atom is 0.315 e. The molecule has 7 nitrogen and oxygen atoms in total. The van der Waals surface area contributed by atoms with Crippen LogP contribution in [0.4, 0.5) is 4.79 Å². The van der Waals surface area contributed by atoms with E-state index in [0.717, 1.165) is 6.42 Å². The van der Waals surface area contributed by atoms with E-state index in [9.17, 15) is 18.0 Å². The van der Waals surface area contributed by atoms with Crippen LogP contribution < -0.4 is 10.6 Å². The molecule has 20 heavy (non-hydrogen) atoms. The number of carbonyl (C=O) groups is 2. The van der Waals surface area contributed by atoms with Gasteiger partial charge in [-0.1, -0.05) is 6.42 Å². The minimum absolute atomic E-state index is 0.0343. The second-order valence-electron chi connectivity index (χ2n) is 5.55. The van der Waals surface area contributed by atoms with Crippen LogP contribution in [0.2, 0.25) is 0 Å². The molecule has 0 bridgehead atoms. The van der Waals surface area contributed by atoms with Crippen molar-refractivity contribution in [1.82, 2.24) is 10.6 Å². The van der Waals surface area contributed by atoms with Gasteiger partial charge in [-0.2, -0.15) is 0 Å². The molecule has 8 heteroatoms. The van der Waals surface area contributed by atoms with E-state index in [1.807, 2.05) is 0 Å². The highest BCUT2D eigenvalue weighted by Gasteiger charge is 2.34. The van der Waals surface area contributed by atoms with Gasteiger partial charge in [0.25, 0.3) is 0 Å². The maximum absolute atomic E-state index is 11.8. The van der Waals surface area contributed by atoms with E-state index in [2.05, 4.69) is 10.6 Å². The molecule has 0 radical (unpaired) electrons. The third-order valence-corrected chi connectivity index (χ3v) is 5.77. The number of sulfone groups is 1. The molecule has 3 N–H and O–H groups in total. The van der Waals surface area contributed by atoms with Crippen molar-refractivity contribution in [1.29, 1.82) is 0 Å². The average molecular weight is 304 g/mol. The number of carbonyl (C=O) groups excluding carboxylic acids is 1. The van der Waals surface area contributed by atoms with Crippen LogP contribution >= 0.6 is 0 Å². The molecular weight excluding hydrogens is 284 g/mol. The minimum Gasteiger partial charge on any atom is -0.481 e. The van der Waals surface area contributed by atoms with Crippen LogP contribution in [0.1, 0.15) is 32.1 Å². The summed E-state index contributed by atoms with van der Waals surface area (Å²) in [6.07, 6.45) is 3.18. The molecule has 1 heterocycles. The van der Waals surface area contributed by atoms with Gasteiger partial charge in [0.05, 0.1) is 17.4 Å². The number of carboxylic acid groups (broad SMARTS) is 1. The van der Waals surface area contributed by atoms with Gasteiger partial charge in [-0.25, -0.2) is 13.2 Å². The molecule has 2 aliphatic rings. The third kappa shape index (κ3) is 3.84. The summed E-state index contributed by atoms with van der Waals surface area (Å²) in [4.78, 5) is 22.9. The first-order chi connectivity index (χ1) is 9.37. The van der Waals surface area contributed by atoms with E-state index >= 15 is 0 Å². The van der Waals surface area contributed by atoms with E-state index in [-0.39, 0.29) is 23.6 Å². The molecule has 1 saturated carbocycles. The van der Waals surface area contributed by atoms with Crippen LogP contribution in [0.25, 0.3) is 0 Å². The van der Waals surface area contributed by atoms with Crippen molar-refractivity contribution in [3.63, 3.8) is 0 Å². The van der Waals surface area contributed by atoms with Gasteiger partial charge in [-0.15, -0.1) is 0 Å². The lowest BCUT2D eigenvalue weighted by Crippen LogP contribution is -2.51. The Morgan fingerprint density at radius 1 is 1.05 bits per heavy atom. The molecule has 0 aromatic heterocycles. The zero-order chi connectivity index (χ0) is 14.8. The molecule has 3 unspecified atom stereocenters. The van der Waals surface area contributed by atoms with Crippen LogP contribution in [0.15, 0.2) is 0 Å². The van der Waals surface area contributed by atoms with Crippen molar-refractivity contribution in [2.45, 2.75) is 44.2 Å². The van der Waals surface area contributed by atoms with Crippen molar-refractivity contribution in [3.8, 4) is 0 Å². The van der Waals surface area contributed by atoms with Crippen LogP contribution in [0.3, 0.4) is 0 Å². The first kappa shape index (κ1) is 15.1. The monoisotopic (exact) mass is 304 g/mol. The smallest absolute Gasteiger partial charge is 0.315 e. The average Bonchev–Trinajstić information content (AvgIpc) is 2.75. The molecular formula is C12H20N2O5S. The van der Waals surface area contributed by atoms with Crippen molar-refractivity contribution >= 4 is 21.8 Å². The van der Waals surface area contributed by atoms with E-state index in [1.54, 1.807) is 0 Å². The molecule has 2 rings (SSSR count). The Morgan fingerprint density at radius 2 is 1.80 bits per heavy atom. The van der Waals surface area contributed by atoms with Gasteiger partial charge in [0.1, 0.15) is 0 Å². The third-order valence-electron chi connectivity index (χ3n) is 3.95. The number of hydrogen-bond donors (Lipinski definition) is 3. The van der Waals surface area contributed by atoms with E-state index < -0.39 is 27.8 Å². The number of urea groups is 1. The number of nitrogens with one attached hydrogen (secondary N) is 2. The van der Waals surface area contributed by atoms with Crippen molar-refractivity contribution in [2.24, 2.45) is 5.92 Å². The minimum atomic E-state index is -3.07. The summed E-state index contributed by atoms with van der Waals surface area (Å²) in [6.45, 7) is 0. The number of hydrogen-bond acceptors (Lipinski definition) is 4. The maximum atomic E-state index is 11.8. The zero-order valence-corrected chi connectivity index (χ0v) is 12.0. The van der Waals surface area contributed by atoms with Crippen molar-refractivity contribution in [2.75, 3.05) is 11.5 Å². The Bertz CT molecular complexity index is 490. The van der Waals surface area contributed by atoms with Gasteiger partial charge in [0.15, 0.2) is 9.84 Å². The highest BCUT2D eigenvalue weighted by Crippen LogP contribution is 2.25. The van der Waals surface area contributed by atoms with Gasteiger partial charge in [-0.05, 0) is 25.7 Å². The molecule has 1 aliphatic carbocycles. The largest absolute Gasteiger partial charge is 0.481 e. The van der Waals surface area contributed by atoms with Gasteiger partial charge in [0.2, 0.25) is 0 Å². The second kappa shape index (κ2) is 5.99. The standard InChI is InChI=1S/C12H20N2O5S/c15-11(16)9-4-1-5-10(9)14-12(17)13-8-3-2-6-20(18,19)7-8/h8-10H,1-7H2,(H,15,16)(H2,13,14,17). The predicted octanol–water partition coefficient (Wildman–Crippen LogP) is 0.116. The molecule has 1 saturated heterocycles. The number of carboxylic acids is 1. The summed E-state index contributed by atoms with van der Waals surface area (Å²) in [5, 5.41) is 14.3. The van der Waals surface area contributed by atoms with Crippen molar-refractivity contribution in [3.05, 3.63) is 0 Å². The molecule has 0 aromatic carbocycles. The number of amides is 2. The van der Waals surface area contributed by atoms with Crippen LogP contribution in [-0.2, 0) is 14.6 Å². The van der Waals surface area contributed by atoms with Gasteiger partial charge in [-0.3, -0.25) is 4.79 Å². The lowest BCUT2D eigenvalue weighted by molar-refractivity contribution is -0.142. The Hall–Kier alpha value is -1.31. The Kier molecular flexibility index (Phi) is 4.52. The highest BCUT2D eigenvalue weighted by atomic mass is 32.2. The van der Waals surface area contributed by atoms with E-state index in [0.29, 0.717) is 25.7 Å². The Morgan fingerprint density at radius 3 is 2.45 bits per heavy atom. The second-order valence-corrected chi connectivity index (χ2v) is 7.78. The Balaban J connectivity index is 1.85. The SMILES string of the molecule is O=C(NC1CCCS(=O)(=O)C1)NC1CCCC1C(=O)O. The summed E-state index contributed by atoms with van der Waals surface area (Å²) in [5.74, 6) is -1.30. The Labute approximate surface area is 118 Å². The normalized spacial score (nSPS) is 32.5. The summed E-state index contributed by atoms with van der Waals surface area (Å²) < 4.78 is 23.0. The molecule has 3 atom stereocenters. The van der Waals surface area contributed by atoms with Crippen LogP contribution in [0.5, 0.6) is 0 Å². The first-order valence-electron chi connectivity index (χ1n) is 6.87.